The van der Waals surface area contributed by atoms with E-state index < -0.39 is 0 Å². The van der Waals surface area contributed by atoms with Crippen LogP contribution in [0.1, 0.15) is 45.2 Å². The summed E-state index contributed by atoms with van der Waals surface area (Å²) in [4.78, 5) is 0. The van der Waals surface area contributed by atoms with Gasteiger partial charge in [-0.3, -0.25) is 0 Å². The second-order valence-electron chi connectivity index (χ2n) is 5.07. The average molecular weight is 295 g/mol. The average Bonchev–Trinajstić information content (AvgIpc) is 2.55. The van der Waals surface area contributed by atoms with Crippen molar-refractivity contribution in [3.63, 3.8) is 0 Å². The molecule has 0 spiro atoms. The summed E-state index contributed by atoms with van der Waals surface area (Å²) in [6.45, 7) is 7.27. The first kappa shape index (κ1) is 17.8. The van der Waals surface area contributed by atoms with Crippen molar-refractivity contribution in [3.05, 3.63) is 23.8 Å². The van der Waals surface area contributed by atoms with Gasteiger partial charge in [0.2, 0.25) is 0 Å². The lowest BCUT2D eigenvalue weighted by molar-refractivity contribution is -0.0487. The second-order valence-corrected chi connectivity index (χ2v) is 5.07. The molecule has 0 bridgehead atoms. The van der Waals surface area contributed by atoms with E-state index in [1.807, 2.05) is 18.2 Å². The van der Waals surface area contributed by atoms with E-state index in [1.165, 1.54) is 0 Å². The van der Waals surface area contributed by atoms with E-state index in [2.05, 4.69) is 26.1 Å². The Balaban J connectivity index is 3.38. The van der Waals surface area contributed by atoms with E-state index >= 15 is 0 Å². The number of methoxy groups -OCH3 is 3. The predicted octanol–water partition coefficient (Wildman–Crippen LogP) is 3.56. The maximum Gasteiger partial charge on any atom is 0.124 e. The summed E-state index contributed by atoms with van der Waals surface area (Å²) in [7, 11) is 5.15. The minimum Gasteiger partial charge on any atom is -0.497 e. The van der Waals surface area contributed by atoms with Crippen LogP contribution in [0.5, 0.6) is 11.5 Å². The van der Waals surface area contributed by atoms with E-state index in [0.29, 0.717) is 0 Å². The third kappa shape index (κ3) is 3.69. The van der Waals surface area contributed by atoms with E-state index in [0.717, 1.165) is 36.4 Å². The van der Waals surface area contributed by atoms with Gasteiger partial charge in [-0.1, -0.05) is 20.8 Å². The van der Waals surface area contributed by atoms with E-state index in [1.54, 1.807) is 21.3 Å². The maximum atomic E-state index is 5.92. The Morgan fingerprint density at radius 3 is 2.14 bits per heavy atom. The van der Waals surface area contributed by atoms with Crippen LogP contribution >= 0.6 is 0 Å². The summed E-state index contributed by atoms with van der Waals surface area (Å²) >= 11 is 0. The van der Waals surface area contributed by atoms with E-state index in [9.17, 15) is 0 Å². The standard InChI is InChI=1S/C17H29NO3/c1-7-17(8-2,21-6)16(18-9-3)14-12-13(19-4)10-11-15(14)20-5/h10-12,16,18H,7-9H2,1-6H3. The molecule has 0 aliphatic carbocycles. The lowest BCUT2D eigenvalue weighted by Gasteiger charge is -2.39. The van der Waals surface area contributed by atoms with Crippen LogP contribution < -0.4 is 14.8 Å². The van der Waals surface area contributed by atoms with E-state index in [-0.39, 0.29) is 11.6 Å². The van der Waals surface area contributed by atoms with Crippen LogP contribution in [0.25, 0.3) is 0 Å². The van der Waals surface area contributed by atoms with Gasteiger partial charge in [-0.15, -0.1) is 0 Å². The highest BCUT2D eigenvalue weighted by Gasteiger charge is 2.38. The molecule has 120 valence electrons. The zero-order valence-electron chi connectivity index (χ0n) is 14.2. The minimum atomic E-state index is -0.268. The fraction of sp³-hybridized carbons (Fsp3) is 0.647. The van der Waals surface area contributed by atoms with Crippen molar-refractivity contribution in [3.8, 4) is 11.5 Å². The fourth-order valence-electron chi connectivity index (χ4n) is 2.91. The number of likely N-dealkylation sites (N-methyl/N-ethyl adjacent to an activating group) is 1. The summed E-state index contributed by atoms with van der Waals surface area (Å²) in [5, 5.41) is 3.56. The molecule has 21 heavy (non-hydrogen) atoms. The van der Waals surface area contributed by atoms with Crippen molar-refractivity contribution in [2.45, 2.75) is 45.3 Å². The zero-order chi connectivity index (χ0) is 15.9. The molecule has 0 saturated heterocycles. The Labute approximate surface area is 128 Å². The summed E-state index contributed by atoms with van der Waals surface area (Å²) in [6, 6.07) is 5.94. The first-order valence-electron chi connectivity index (χ1n) is 7.62. The number of nitrogens with one attached hydrogen (secondary N) is 1. The molecule has 4 heteroatoms. The lowest BCUT2D eigenvalue weighted by atomic mass is 9.83. The highest BCUT2D eigenvalue weighted by Crippen LogP contribution is 2.40. The van der Waals surface area contributed by atoms with Gasteiger partial charge in [0.25, 0.3) is 0 Å². The third-order valence-corrected chi connectivity index (χ3v) is 4.29. The summed E-state index contributed by atoms with van der Waals surface area (Å²) in [5.41, 5.74) is 0.805. The Hall–Kier alpha value is -1.26. The van der Waals surface area contributed by atoms with Gasteiger partial charge >= 0.3 is 0 Å². The molecule has 0 aliphatic heterocycles. The molecular formula is C17H29NO3. The highest BCUT2D eigenvalue weighted by atomic mass is 16.5. The van der Waals surface area contributed by atoms with Crippen molar-refractivity contribution >= 4 is 0 Å². The third-order valence-electron chi connectivity index (χ3n) is 4.29. The fourth-order valence-corrected chi connectivity index (χ4v) is 2.91. The van der Waals surface area contributed by atoms with Crippen LogP contribution in [-0.2, 0) is 4.74 Å². The molecule has 0 aromatic heterocycles. The van der Waals surface area contributed by atoms with Crippen molar-refractivity contribution in [1.82, 2.24) is 5.32 Å². The highest BCUT2D eigenvalue weighted by molar-refractivity contribution is 5.43. The molecule has 1 unspecified atom stereocenters. The maximum absolute atomic E-state index is 5.92. The predicted molar refractivity (Wildman–Crippen MR) is 86.3 cm³/mol. The van der Waals surface area contributed by atoms with Crippen LogP contribution in [0.15, 0.2) is 18.2 Å². The molecule has 0 amide bonds. The summed E-state index contributed by atoms with van der Waals surface area (Å²) in [6.07, 6.45) is 1.83. The van der Waals surface area contributed by atoms with Crippen LogP contribution in [0.2, 0.25) is 0 Å². The van der Waals surface area contributed by atoms with Crippen LogP contribution in [0, 0.1) is 0 Å². The van der Waals surface area contributed by atoms with Gasteiger partial charge in [0.15, 0.2) is 0 Å². The van der Waals surface area contributed by atoms with Crippen molar-refractivity contribution in [1.29, 1.82) is 0 Å². The molecule has 4 nitrogen and oxygen atoms in total. The molecule has 0 aliphatic rings. The number of hydrogen-bond acceptors (Lipinski definition) is 4. The number of ether oxygens (including phenoxy) is 3. The van der Waals surface area contributed by atoms with Crippen LogP contribution in [0.4, 0.5) is 0 Å². The molecule has 1 aromatic carbocycles. The molecule has 0 fully saturated rings. The van der Waals surface area contributed by atoms with Crippen molar-refractivity contribution in [2.24, 2.45) is 0 Å². The van der Waals surface area contributed by atoms with Gasteiger partial charge in [0.05, 0.1) is 25.9 Å². The molecule has 1 rings (SSSR count). The molecular weight excluding hydrogens is 266 g/mol. The van der Waals surface area contributed by atoms with Crippen molar-refractivity contribution < 1.29 is 14.2 Å². The molecule has 1 atom stereocenters. The monoisotopic (exact) mass is 295 g/mol. The van der Waals surface area contributed by atoms with Gasteiger partial charge in [0, 0.05) is 12.7 Å². The Morgan fingerprint density at radius 2 is 1.71 bits per heavy atom. The zero-order valence-corrected chi connectivity index (χ0v) is 14.2. The SMILES string of the molecule is CCNC(c1cc(OC)ccc1OC)C(CC)(CC)OC. The Bertz CT molecular complexity index is 422. The summed E-state index contributed by atoms with van der Waals surface area (Å²) in [5.74, 6) is 1.68. The topological polar surface area (TPSA) is 39.7 Å². The van der Waals surface area contributed by atoms with Crippen LogP contribution in [-0.4, -0.2) is 33.5 Å². The van der Waals surface area contributed by atoms with Gasteiger partial charge in [-0.05, 0) is 37.6 Å². The van der Waals surface area contributed by atoms with Gasteiger partial charge in [0.1, 0.15) is 11.5 Å². The number of hydrogen-bond donors (Lipinski definition) is 1. The van der Waals surface area contributed by atoms with Gasteiger partial charge in [-0.2, -0.15) is 0 Å². The Morgan fingerprint density at radius 1 is 1.05 bits per heavy atom. The van der Waals surface area contributed by atoms with Gasteiger partial charge in [-0.25, -0.2) is 0 Å². The van der Waals surface area contributed by atoms with Crippen LogP contribution in [0.3, 0.4) is 0 Å². The molecule has 0 radical (unpaired) electrons. The smallest absolute Gasteiger partial charge is 0.124 e. The first-order chi connectivity index (χ1) is 10.1. The quantitative estimate of drug-likeness (QED) is 0.756. The van der Waals surface area contributed by atoms with Gasteiger partial charge < -0.3 is 19.5 Å². The first-order valence-corrected chi connectivity index (χ1v) is 7.62. The minimum absolute atomic E-state index is 0.0487. The van der Waals surface area contributed by atoms with Crippen molar-refractivity contribution in [2.75, 3.05) is 27.9 Å². The largest absolute Gasteiger partial charge is 0.497 e. The molecule has 1 N–H and O–H groups in total. The molecule has 0 heterocycles. The molecule has 1 aromatic rings. The van der Waals surface area contributed by atoms with E-state index in [4.69, 9.17) is 14.2 Å². The second kappa shape index (κ2) is 8.25. The number of benzene rings is 1. The Kier molecular flexibility index (Phi) is 6.99. The lowest BCUT2D eigenvalue weighted by Crippen LogP contribution is -2.45. The molecule has 0 saturated carbocycles. The number of rotatable bonds is 9. The summed E-state index contributed by atoms with van der Waals surface area (Å²) < 4.78 is 16.8. The normalized spacial score (nSPS) is 13.0.